The molecule has 1 saturated heterocycles. The standard InChI is InChI=1S/C23H26N10O3/c1-13-6-5-9-32(13)22-25-10-15(11-26-22)18-24-8-7-16(28-18)29-20(34)14(2)33-12-27-19-17(33)21(35)31(4)23(36)30(19)3/h7-8,10-14H,5-6,9H2,1-4H3,(H,24,28,29,34)/t13-,14-/m0/s1. The van der Waals surface area contributed by atoms with Crippen LogP contribution in [0.15, 0.2) is 40.6 Å². The molecule has 1 fully saturated rings. The fourth-order valence-corrected chi connectivity index (χ4v) is 4.40. The van der Waals surface area contributed by atoms with Crippen LogP contribution in [0.4, 0.5) is 11.8 Å². The molecule has 36 heavy (non-hydrogen) atoms. The highest BCUT2D eigenvalue weighted by Crippen LogP contribution is 2.23. The summed E-state index contributed by atoms with van der Waals surface area (Å²) < 4.78 is 3.70. The van der Waals surface area contributed by atoms with Gasteiger partial charge in [-0.05, 0) is 32.8 Å². The highest BCUT2D eigenvalue weighted by Gasteiger charge is 2.24. The fraction of sp³-hybridized carbons (Fsp3) is 0.391. The minimum Gasteiger partial charge on any atom is -0.338 e. The predicted octanol–water partition coefficient (Wildman–Crippen LogP) is 0.869. The van der Waals surface area contributed by atoms with Crippen molar-refractivity contribution in [2.45, 2.75) is 38.8 Å². The number of fused-ring (bicyclic) bond motifs is 1. The second-order valence-electron chi connectivity index (χ2n) is 8.92. The van der Waals surface area contributed by atoms with Gasteiger partial charge in [0.15, 0.2) is 17.0 Å². The molecule has 5 rings (SSSR count). The lowest BCUT2D eigenvalue weighted by Crippen LogP contribution is -2.38. The van der Waals surface area contributed by atoms with Crippen LogP contribution in [-0.4, -0.2) is 57.1 Å². The quantitative estimate of drug-likeness (QED) is 0.430. The fourth-order valence-electron chi connectivity index (χ4n) is 4.40. The molecule has 1 aliphatic heterocycles. The number of hydrogen-bond donors (Lipinski definition) is 1. The maximum absolute atomic E-state index is 13.0. The van der Waals surface area contributed by atoms with Gasteiger partial charge in [0.1, 0.15) is 11.9 Å². The van der Waals surface area contributed by atoms with E-state index in [4.69, 9.17) is 0 Å². The van der Waals surface area contributed by atoms with E-state index in [-0.39, 0.29) is 11.2 Å². The lowest BCUT2D eigenvalue weighted by molar-refractivity contribution is -0.118. The number of rotatable bonds is 5. The average Bonchev–Trinajstić information content (AvgIpc) is 3.52. The summed E-state index contributed by atoms with van der Waals surface area (Å²) in [5.41, 5.74) is -0.0227. The number of hydrogen-bond acceptors (Lipinski definition) is 9. The van der Waals surface area contributed by atoms with Gasteiger partial charge in [-0.2, -0.15) is 0 Å². The Morgan fingerprint density at radius 2 is 1.86 bits per heavy atom. The Kier molecular flexibility index (Phi) is 5.82. The Bertz CT molecular complexity index is 1570. The molecule has 4 aromatic rings. The van der Waals surface area contributed by atoms with Crippen molar-refractivity contribution in [1.82, 2.24) is 38.6 Å². The number of aryl methyl sites for hydroxylation is 1. The summed E-state index contributed by atoms with van der Waals surface area (Å²) in [5, 5.41) is 2.76. The first-order valence-corrected chi connectivity index (χ1v) is 11.6. The largest absolute Gasteiger partial charge is 0.338 e. The topological polar surface area (TPSA) is 146 Å². The predicted molar refractivity (Wildman–Crippen MR) is 133 cm³/mol. The van der Waals surface area contributed by atoms with Gasteiger partial charge in [0.05, 0.1) is 11.9 Å². The maximum atomic E-state index is 13.0. The highest BCUT2D eigenvalue weighted by molar-refractivity contribution is 5.93. The van der Waals surface area contributed by atoms with Crippen LogP contribution in [0.5, 0.6) is 0 Å². The van der Waals surface area contributed by atoms with Crippen molar-refractivity contribution in [2.24, 2.45) is 14.1 Å². The van der Waals surface area contributed by atoms with E-state index >= 15 is 0 Å². The summed E-state index contributed by atoms with van der Waals surface area (Å²) in [5.74, 6) is 0.931. The van der Waals surface area contributed by atoms with Crippen LogP contribution >= 0.6 is 0 Å². The lowest BCUT2D eigenvalue weighted by Gasteiger charge is -2.20. The van der Waals surface area contributed by atoms with E-state index in [9.17, 15) is 14.4 Å². The molecule has 1 N–H and O–H groups in total. The second-order valence-corrected chi connectivity index (χ2v) is 8.92. The molecule has 0 aliphatic carbocycles. The zero-order chi connectivity index (χ0) is 25.6. The number of amides is 1. The number of carbonyl (C=O) groups excluding carboxylic acids is 1. The van der Waals surface area contributed by atoms with Crippen molar-refractivity contribution in [3.63, 3.8) is 0 Å². The third-order valence-electron chi connectivity index (χ3n) is 6.58. The van der Waals surface area contributed by atoms with E-state index in [0.29, 0.717) is 29.2 Å². The van der Waals surface area contributed by atoms with Gasteiger partial charge in [-0.3, -0.25) is 18.7 Å². The molecule has 13 heteroatoms. The van der Waals surface area contributed by atoms with Gasteiger partial charge in [0.25, 0.3) is 5.56 Å². The number of aromatic nitrogens is 8. The molecule has 4 aromatic heterocycles. The number of imidazole rings is 1. The molecule has 0 radical (unpaired) electrons. The van der Waals surface area contributed by atoms with E-state index in [1.54, 1.807) is 25.4 Å². The molecule has 0 aromatic carbocycles. The van der Waals surface area contributed by atoms with Crippen LogP contribution in [0.1, 0.15) is 32.7 Å². The Morgan fingerprint density at radius 1 is 1.11 bits per heavy atom. The summed E-state index contributed by atoms with van der Waals surface area (Å²) in [6.07, 6.45) is 8.51. The van der Waals surface area contributed by atoms with Crippen molar-refractivity contribution >= 4 is 28.8 Å². The van der Waals surface area contributed by atoms with E-state index in [0.717, 1.165) is 24.0 Å². The zero-order valence-corrected chi connectivity index (χ0v) is 20.4. The molecule has 2 atom stereocenters. The average molecular weight is 491 g/mol. The number of nitrogens with one attached hydrogen (secondary N) is 1. The first-order valence-electron chi connectivity index (χ1n) is 11.6. The summed E-state index contributed by atoms with van der Waals surface area (Å²) >= 11 is 0. The van der Waals surface area contributed by atoms with Crippen LogP contribution in [0, 0.1) is 0 Å². The smallest absolute Gasteiger partial charge is 0.332 e. The van der Waals surface area contributed by atoms with Crippen molar-refractivity contribution in [1.29, 1.82) is 0 Å². The number of nitrogens with zero attached hydrogens (tertiary/aromatic N) is 9. The lowest BCUT2D eigenvalue weighted by atomic mass is 10.2. The van der Waals surface area contributed by atoms with Crippen LogP contribution in [0.2, 0.25) is 0 Å². The Balaban J connectivity index is 1.37. The van der Waals surface area contributed by atoms with Crippen molar-refractivity contribution in [3.8, 4) is 11.4 Å². The molecule has 13 nitrogen and oxygen atoms in total. The maximum Gasteiger partial charge on any atom is 0.332 e. The summed E-state index contributed by atoms with van der Waals surface area (Å²) in [7, 11) is 2.91. The molecular formula is C23H26N10O3. The number of anilines is 2. The molecule has 1 amide bonds. The Hall–Kier alpha value is -4.42. The molecule has 0 saturated carbocycles. The first kappa shape index (κ1) is 23.3. The van der Waals surface area contributed by atoms with Gasteiger partial charge in [-0.15, -0.1) is 0 Å². The van der Waals surface area contributed by atoms with Gasteiger partial charge in [-0.1, -0.05) is 0 Å². The SMILES string of the molecule is C[C@H]1CCCN1c1ncc(-c2nccc(NC(=O)[C@H](C)n3cnc4c3c(=O)n(C)c(=O)n4C)n2)cn1. The minimum absolute atomic E-state index is 0.162. The van der Waals surface area contributed by atoms with Gasteiger partial charge in [0.2, 0.25) is 11.9 Å². The molecule has 0 bridgehead atoms. The van der Waals surface area contributed by atoms with Crippen LogP contribution in [0.3, 0.4) is 0 Å². The van der Waals surface area contributed by atoms with Crippen LogP contribution in [-0.2, 0) is 18.9 Å². The van der Waals surface area contributed by atoms with Crippen LogP contribution in [0.25, 0.3) is 22.6 Å². The van der Waals surface area contributed by atoms with Crippen LogP contribution < -0.4 is 21.5 Å². The Labute approximate surface area is 205 Å². The molecule has 0 unspecified atom stereocenters. The third kappa shape index (κ3) is 3.91. The molecule has 1 aliphatic rings. The minimum atomic E-state index is -0.802. The third-order valence-corrected chi connectivity index (χ3v) is 6.58. The van der Waals surface area contributed by atoms with Gasteiger partial charge < -0.3 is 14.8 Å². The van der Waals surface area contributed by atoms with Crippen molar-refractivity contribution < 1.29 is 4.79 Å². The molecule has 186 valence electrons. The summed E-state index contributed by atoms with van der Waals surface area (Å²) in [4.78, 5) is 62.0. The zero-order valence-electron chi connectivity index (χ0n) is 20.4. The highest BCUT2D eigenvalue weighted by atomic mass is 16.2. The first-order chi connectivity index (χ1) is 17.3. The van der Waals surface area contributed by atoms with Gasteiger partial charge >= 0.3 is 5.69 Å². The van der Waals surface area contributed by atoms with Gasteiger partial charge in [-0.25, -0.2) is 29.7 Å². The van der Waals surface area contributed by atoms with E-state index in [1.807, 2.05) is 0 Å². The monoisotopic (exact) mass is 490 g/mol. The normalized spacial score (nSPS) is 16.4. The van der Waals surface area contributed by atoms with E-state index in [2.05, 4.69) is 42.1 Å². The van der Waals surface area contributed by atoms with Crippen molar-refractivity contribution in [3.05, 3.63) is 51.8 Å². The van der Waals surface area contributed by atoms with E-state index < -0.39 is 23.2 Å². The summed E-state index contributed by atoms with van der Waals surface area (Å²) in [6, 6.07) is 1.18. The number of carbonyl (C=O) groups is 1. The summed E-state index contributed by atoms with van der Waals surface area (Å²) in [6.45, 7) is 4.73. The van der Waals surface area contributed by atoms with Crippen molar-refractivity contribution in [2.75, 3.05) is 16.8 Å². The molecule has 5 heterocycles. The van der Waals surface area contributed by atoms with E-state index in [1.165, 1.54) is 35.8 Å². The molecule has 0 spiro atoms. The second kappa shape index (κ2) is 8.98. The Morgan fingerprint density at radius 3 is 2.56 bits per heavy atom. The van der Waals surface area contributed by atoms with Gasteiger partial charge in [0, 0.05) is 45.3 Å². The molecular weight excluding hydrogens is 464 g/mol.